The standard InChI is InChI=1S/C22H30O2/c1-6-18-15-20(24-22(4,5)7-2)16-19(21(18)23-8-3)14-17-12-10-9-11-13-17/h9-13,15-16H,6-8,14H2,1-5H3. The van der Waals surface area contributed by atoms with E-state index in [-0.39, 0.29) is 5.60 Å². The molecule has 0 unspecified atom stereocenters. The average molecular weight is 326 g/mol. The molecule has 2 rings (SSSR count). The van der Waals surface area contributed by atoms with Crippen molar-refractivity contribution in [2.75, 3.05) is 6.61 Å². The van der Waals surface area contributed by atoms with Crippen LogP contribution in [0.15, 0.2) is 42.5 Å². The molecule has 2 heteroatoms. The molecule has 0 aromatic heterocycles. The lowest BCUT2D eigenvalue weighted by atomic mass is 9.99. The number of hydrogen-bond donors (Lipinski definition) is 0. The smallest absolute Gasteiger partial charge is 0.126 e. The fraction of sp³-hybridized carbons (Fsp3) is 0.455. The van der Waals surface area contributed by atoms with Crippen molar-refractivity contribution in [1.82, 2.24) is 0 Å². The van der Waals surface area contributed by atoms with Crippen LogP contribution >= 0.6 is 0 Å². The van der Waals surface area contributed by atoms with Crippen LogP contribution in [0.4, 0.5) is 0 Å². The van der Waals surface area contributed by atoms with E-state index in [1.54, 1.807) is 0 Å². The molecule has 130 valence electrons. The maximum absolute atomic E-state index is 6.25. The topological polar surface area (TPSA) is 18.5 Å². The van der Waals surface area contributed by atoms with E-state index in [1.807, 2.05) is 13.0 Å². The van der Waals surface area contributed by atoms with E-state index in [0.717, 1.165) is 30.8 Å². The van der Waals surface area contributed by atoms with Gasteiger partial charge in [0.1, 0.15) is 17.1 Å². The summed E-state index contributed by atoms with van der Waals surface area (Å²) >= 11 is 0. The highest BCUT2D eigenvalue weighted by Gasteiger charge is 2.19. The van der Waals surface area contributed by atoms with Crippen molar-refractivity contribution in [1.29, 1.82) is 0 Å². The summed E-state index contributed by atoms with van der Waals surface area (Å²) in [5, 5.41) is 0. The number of ether oxygens (including phenoxy) is 2. The molecule has 0 aliphatic carbocycles. The number of hydrogen-bond acceptors (Lipinski definition) is 2. The molecule has 0 radical (unpaired) electrons. The van der Waals surface area contributed by atoms with Crippen LogP contribution in [0.1, 0.15) is 57.7 Å². The fourth-order valence-electron chi connectivity index (χ4n) is 2.71. The third kappa shape index (κ3) is 4.77. The normalized spacial score (nSPS) is 11.4. The van der Waals surface area contributed by atoms with Crippen molar-refractivity contribution in [3.05, 3.63) is 59.2 Å². The molecule has 0 saturated carbocycles. The molecule has 0 atom stereocenters. The monoisotopic (exact) mass is 326 g/mol. The van der Waals surface area contributed by atoms with Crippen LogP contribution in [-0.2, 0) is 12.8 Å². The molecule has 24 heavy (non-hydrogen) atoms. The fourth-order valence-corrected chi connectivity index (χ4v) is 2.71. The molecule has 0 saturated heterocycles. The first-order chi connectivity index (χ1) is 11.5. The highest BCUT2D eigenvalue weighted by Crippen LogP contribution is 2.34. The van der Waals surface area contributed by atoms with Crippen LogP contribution in [0.2, 0.25) is 0 Å². The van der Waals surface area contributed by atoms with E-state index >= 15 is 0 Å². The lowest BCUT2D eigenvalue weighted by molar-refractivity contribution is 0.105. The van der Waals surface area contributed by atoms with Gasteiger partial charge in [-0.1, -0.05) is 44.2 Å². The van der Waals surface area contributed by atoms with E-state index in [0.29, 0.717) is 6.61 Å². The Morgan fingerprint density at radius 1 is 0.917 bits per heavy atom. The Morgan fingerprint density at radius 2 is 1.58 bits per heavy atom. The zero-order chi connectivity index (χ0) is 17.6. The Hall–Kier alpha value is -1.96. The number of benzene rings is 2. The first-order valence-corrected chi connectivity index (χ1v) is 9.00. The lowest BCUT2D eigenvalue weighted by Gasteiger charge is -2.26. The first-order valence-electron chi connectivity index (χ1n) is 9.00. The van der Waals surface area contributed by atoms with Crippen LogP contribution in [0, 0.1) is 0 Å². The first kappa shape index (κ1) is 18.4. The van der Waals surface area contributed by atoms with Crippen molar-refractivity contribution in [3.63, 3.8) is 0 Å². The Balaban J connectivity index is 2.43. The van der Waals surface area contributed by atoms with Crippen LogP contribution < -0.4 is 9.47 Å². The summed E-state index contributed by atoms with van der Waals surface area (Å²) in [5.41, 5.74) is 3.53. The quantitative estimate of drug-likeness (QED) is 0.610. The largest absolute Gasteiger partial charge is 0.493 e. The molecule has 0 fully saturated rings. The molecular weight excluding hydrogens is 296 g/mol. The van der Waals surface area contributed by atoms with Crippen molar-refractivity contribution in [3.8, 4) is 11.5 Å². The van der Waals surface area contributed by atoms with Gasteiger partial charge in [-0.05, 0) is 56.9 Å². The third-order valence-corrected chi connectivity index (χ3v) is 4.37. The minimum absolute atomic E-state index is 0.165. The van der Waals surface area contributed by atoms with E-state index < -0.39 is 0 Å². The Morgan fingerprint density at radius 3 is 2.17 bits per heavy atom. The second kappa shape index (κ2) is 8.23. The SMILES string of the molecule is CCOc1c(CC)cc(OC(C)(C)CC)cc1Cc1ccccc1. The van der Waals surface area contributed by atoms with Crippen molar-refractivity contribution < 1.29 is 9.47 Å². The summed E-state index contributed by atoms with van der Waals surface area (Å²) in [6.45, 7) is 11.3. The van der Waals surface area contributed by atoms with Gasteiger partial charge in [-0.3, -0.25) is 0 Å². The second-order valence-corrected chi connectivity index (χ2v) is 6.73. The van der Waals surface area contributed by atoms with Crippen molar-refractivity contribution >= 4 is 0 Å². The molecular formula is C22H30O2. The highest BCUT2D eigenvalue weighted by molar-refractivity contribution is 5.49. The van der Waals surface area contributed by atoms with Gasteiger partial charge in [-0.15, -0.1) is 0 Å². The molecule has 0 aliphatic heterocycles. The van der Waals surface area contributed by atoms with E-state index in [9.17, 15) is 0 Å². The van der Waals surface area contributed by atoms with Crippen molar-refractivity contribution in [2.45, 2.75) is 59.5 Å². The van der Waals surface area contributed by atoms with Gasteiger partial charge in [-0.25, -0.2) is 0 Å². The summed E-state index contributed by atoms with van der Waals surface area (Å²) in [4.78, 5) is 0. The summed E-state index contributed by atoms with van der Waals surface area (Å²) in [6, 6.07) is 14.8. The summed E-state index contributed by atoms with van der Waals surface area (Å²) in [7, 11) is 0. The molecule has 2 aromatic carbocycles. The number of rotatable bonds is 8. The maximum Gasteiger partial charge on any atom is 0.126 e. The van der Waals surface area contributed by atoms with Gasteiger partial charge >= 0.3 is 0 Å². The van der Waals surface area contributed by atoms with Gasteiger partial charge in [0.05, 0.1) is 6.61 Å². The molecule has 0 spiro atoms. The predicted molar refractivity (Wildman–Crippen MR) is 101 cm³/mol. The molecule has 0 N–H and O–H groups in total. The zero-order valence-corrected chi connectivity index (χ0v) is 15.7. The number of aryl methyl sites for hydroxylation is 1. The van der Waals surface area contributed by atoms with Gasteiger partial charge in [0.15, 0.2) is 0 Å². The van der Waals surface area contributed by atoms with E-state index in [2.05, 4.69) is 64.1 Å². The van der Waals surface area contributed by atoms with Crippen LogP contribution in [0.25, 0.3) is 0 Å². The molecule has 0 heterocycles. The highest BCUT2D eigenvalue weighted by atomic mass is 16.5. The minimum Gasteiger partial charge on any atom is -0.493 e. The van der Waals surface area contributed by atoms with E-state index in [1.165, 1.54) is 16.7 Å². The second-order valence-electron chi connectivity index (χ2n) is 6.73. The Kier molecular flexibility index (Phi) is 6.30. The molecule has 2 aromatic rings. The molecule has 2 nitrogen and oxygen atoms in total. The van der Waals surface area contributed by atoms with Gasteiger partial charge in [-0.2, -0.15) is 0 Å². The van der Waals surface area contributed by atoms with Crippen LogP contribution in [-0.4, -0.2) is 12.2 Å². The Bertz CT molecular complexity index is 645. The van der Waals surface area contributed by atoms with Gasteiger partial charge in [0.2, 0.25) is 0 Å². The maximum atomic E-state index is 6.25. The van der Waals surface area contributed by atoms with Crippen LogP contribution in [0.3, 0.4) is 0 Å². The van der Waals surface area contributed by atoms with Gasteiger partial charge in [0.25, 0.3) is 0 Å². The summed E-state index contributed by atoms with van der Waals surface area (Å²) in [6.07, 6.45) is 2.75. The Labute approximate surface area is 146 Å². The molecule has 0 aliphatic rings. The van der Waals surface area contributed by atoms with Crippen LogP contribution in [0.5, 0.6) is 11.5 Å². The lowest BCUT2D eigenvalue weighted by Crippen LogP contribution is -2.27. The van der Waals surface area contributed by atoms with Crippen molar-refractivity contribution in [2.24, 2.45) is 0 Å². The zero-order valence-electron chi connectivity index (χ0n) is 15.7. The predicted octanol–water partition coefficient (Wildman–Crippen LogP) is 5.81. The van der Waals surface area contributed by atoms with E-state index in [4.69, 9.17) is 9.47 Å². The average Bonchev–Trinajstić information content (AvgIpc) is 2.57. The minimum atomic E-state index is -0.165. The molecule has 0 amide bonds. The van der Waals surface area contributed by atoms with Gasteiger partial charge < -0.3 is 9.47 Å². The van der Waals surface area contributed by atoms with Gasteiger partial charge in [0, 0.05) is 12.0 Å². The summed E-state index contributed by atoms with van der Waals surface area (Å²) < 4.78 is 12.2. The summed E-state index contributed by atoms with van der Waals surface area (Å²) in [5.74, 6) is 1.96. The molecule has 0 bridgehead atoms. The third-order valence-electron chi connectivity index (χ3n) is 4.37.